The topological polar surface area (TPSA) is 67.2 Å². The van der Waals surface area contributed by atoms with Crippen LogP contribution in [0.1, 0.15) is 27.2 Å². The quantitative estimate of drug-likeness (QED) is 0.689. The van der Waals surface area contributed by atoms with E-state index in [4.69, 9.17) is 16.0 Å². The first-order chi connectivity index (χ1) is 12.0. The van der Waals surface area contributed by atoms with Gasteiger partial charge in [-0.25, -0.2) is 0 Å². The fourth-order valence-corrected chi connectivity index (χ4v) is 2.89. The Hall–Kier alpha value is -2.79. The van der Waals surface area contributed by atoms with Crippen molar-refractivity contribution in [2.24, 2.45) is 0 Å². The molecule has 0 atom stereocenters. The van der Waals surface area contributed by atoms with Crippen LogP contribution in [0, 0.1) is 13.8 Å². The van der Waals surface area contributed by atoms with Crippen molar-refractivity contribution in [3.63, 3.8) is 0 Å². The van der Waals surface area contributed by atoms with Gasteiger partial charge >= 0.3 is 0 Å². The van der Waals surface area contributed by atoms with E-state index < -0.39 is 0 Å². The highest BCUT2D eigenvalue weighted by molar-refractivity contribution is 6.34. The third-order valence-electron chi connectivity index (χ3n) is 3.72. The Kier molecular flexibility index (Phi) is 5.05. The number of aryl methyl sites for hydroxylation is 2. The van der Waals surface area contributed by atoms with Crippen molar-refractivity contribution in [1.82, 2.24) is 4.98 Å². The summed E-state index contributed by atoms with van der Waals surface area (Å²) in [6.45, 7) is 4.39. The lowest BCUT2D eigenvalue weighted by atomic mass is 10.1. The summed E-state index contributed by atoms with van der Waals surface area (Å²) >= 11 is 6.25. The summed E-state index contributed by atoms with van der Waals surface area (Å²) < 4.78 is 5.27. The van der Waals surface area contributed by atoms with E-state index in [1.807, 2.05) is 38.1 Å². The van der Waals surface area contributed by atoms with Crippen molar-refractivity contribution in [1.29, 1.82) is 0 Å². The van der Waals surface area contributed by atoms with Crippen LogP contribution in [-0.4, -0.2) is 10.9 Å². The molecule has 3 rings (SSSR count). The van der Waals surface area contributed by atoms with Crippen LogP contribution in [0.4, 0.5) is 11.4 Å². The molecule has 3 aromatic rings. The zero-order chi connectivity index (χ0) is 17.8. The molecule has 1 amide bonds. The van der Waals surface area contributed by atoms with Crippen LogP contribution >= 0.6 is 11.6 Å². The lowest BCUT2D eigenvalue weighted by Crippen LogP contribution is -2.14. The average molecular weight is 356 g/mol. The van der Waals surface area contributed by atoms with Crippen LogP contribution in [0.25, 0.3) is 0 Å². The molecule has 0 saturated heterocycles. The van der Waals surface area contributed by atoms with Crippen molar-refractivity contribution in [2.45, 2.75) is 20.4 Å². The van der Waals surface area contributed by atoms with Crippen LogP contribution in [0.5, 0.6) is 0 Å². The summed E-state index contributed by atoms with van der Waals surface area (Å²) in [5, 5.41) is 6.56. The number of halogens is 1. The van der Waals surface area contributed by atoms with E-state index in [1.54, 1.807) is 18.5 Å². The van der Waals surface area contributed by atoms with E-state index in [1.165, 1.54) is 6.20 Å². The summed E-state index contributed by atoms with van der Waals surface area (Å²) in [5.74, 6) is 0.542. The van der Waals surface area contributed by atoms with Gasteiger partial charge in [0.15, 0.2) is 0 Å². The molecule has 2 aromatic heterocycles. The largest absolute Gasteiger partial charge is 0.467 e. The number of rotatable bonds is 5. The van der Waals surface area contributed by atoms with Gasteiger partial charge in [-0.15, -0.1) is 0 Å². The number of nitrogens with one attached hydrogen (secondary N) is 2. The second-order valence-corrected chi connectivity index (χ2v) is 6.20. The molecule has 6 heteroatoms. The van der Waals surface area contributed by atoms with Gasteiger partial charge < -0.3 is 15.1 Å². The Morgan fingerprint density at radius 2 is 2.08 bits per heavy atom. The normalized spacial score (nSPS) is 10.5. The van der Waals surface area contributed by atoms with Crippen molar-refractivity contribution >= 4 is 28.9 Å². The Bertz CT molecular complexity index is 868. The number of benzene rings is 1. The zero-order valence-electron chi connectivity index (χ0n) is 14.0. The molecule has 0 aliphatic rings. The second kappa shape index (κ2) is 7.40. The van der Waals surface area contributed by atoms with Gasteiger partial charge in [0.1, 0.15) is 5.76 Å². The van der Waals surface area contributed by atoms with Gasteiger partial charge in [-0.1, -0.05) is 17.7 Å². The highest BCUT2D eigenvalue weighted by Crippen LogP contribution is 2.28. The predicted octanol–water partition coefficient (Wildman–Crippen LogP) is 4.81. The van der Waals surface area contributed by atoms with Gasteiger partial charge in [0.05, 0.1) is 34.8 Å². The average Bonchev–Trinajstić information content (AvgIpc) is 3.10. The number of furan rings is 1. The Labute approximate surface area is 151 Å². The first-order valence-corrected chi connectivity index (χ1v) is 8.20. The minimum Gasteiger partial charge on any atom is -0.467 e. The van der Waals surface area contributed by atoms with Gasteiger partial charge in [-0.3, -0.25) is 9.78 Å². The van der Waals surface area contributed by atoms with Gasteiger partial charge in [0, 0.05) is 12.4 Å². The monoisotopic (exact) mass is 355 g/mol. The first-order valence-electron chi connectivity index (χ1n) is 7.82. The van der Waals surface area contributed by atoms with Crippen molar-refractivity contribution in [2.75, 3.05) is 10.6 Å². The number of anilines is 2. The van der Waals surface area contributed by atoms with Crippen molar-refractivity contribution in [3.05, 3.63) is 76.5 Å². The summed E-state index contributed by atoms with van der Waals surface area (Å²) in [7, 11) is 0. The van der Waals surface area contributed by atoms with Crippen LogP contribution in [0.3, 0.4) is 0 Å². The predicted molar refractivity (Wildman–Crippen MR) is 99.2 cm³/mol. The molecule has 0 saturated carbocycles. The maximum atomic E-state index is 12.5. The summed E-state index contributed by atoms with van der Waals surface area (Å²) in [5.41, 5.74) is 3.76. The minimum atomic E-state index is -0.261. The third-order valence-corrected chi connectivity index (χ3v) is 4.02. The number of aromatic nitrogens is 1. The summed E-state index contributed by atoms with van der Waals surface area (Å²) in [6.07, 6.45) is 4.79. The maximum absolute atomic E-state index is 12.5. The second-order valence-electron chi connectivity index (χ2n) is 5.79. The standard InChI is InChI=1S/C19H18ClN3O2/c1-12-6-13(2)18(17(20)7-12)23-19(24)14-8-15(10-21-9-14)22-11-16-4-3-5-25-16/h3-10,22H,11H2,1-2H3,(H,23,24). The van der Waals surface area contributed by atoms with Crippen molar-refractivity contribution < 1.29 is 9.21 Å². The number of hydrogen-bond acceptors (Lipinski definition) is 4. The molecular weight excluding hydrogens is 338 g/mol. The molecule has 0 bridgehead atoms. The van der Waals surface area contributed by atoms with Gasteiger partial charge in [-0.05, 0) is 49.2 Å². The lowest BCUT2D eigenvalue weighted by Gasteiger charge is -2.12. The van der Waals surface area contributed by atoms with E-state index in [2.05, 4.69) is 15.6 Å². The first kappa shape index (κ1) is 17.0. The molecular formula is C19H18ClN3O2. The molecule has 0 unspecified atom stereocenters. The van der Waals surface area contributed by atoms with E-state index in [0.717, 1.165) is 22.6 Å². The molecule has 2 N–H and O–H groups in total. The number of pyridine rings is 1. The highest BCUT2D eigenvalue weighted by atomic mass is 35.5. The third kappa shape index (κ3) is 4.19. The molecule has 1 aromatic carbocycles. The molecule has 0 aliphatic carbocycles. The minimum absolute atomic E-state index is 0.261. The number of carbonyl (C=O) groups is 1. The molecule has 0 spiro atoms. The molecule has 0 radical (unpaired) electrons. The van der Waals surface area contributed by atoms with Crippen LogP contribution in [0.2, 0.25) is 5.02 Å². The fraction of sp³-hybridized carbons (Fsp3) is 0.158. The van der Waals surface area contributed by atoms with Gasteiger partial charge in [-0.2, -0.15) is 0 Å². The van der Waals surface area contributed by atoms with E-state index in [0.29, 0.717) is 22.8 Å². The number of nitrogens with zero attached hydrogens (tertiary/aromatic N) is 1. The van der Waals surface area contributed by atoms with Gasteiger partial charge in [0.2, 0.25) is 0 Å². The maximum Gasteiger partial charge on any atom is 0.257 e. The van der Waals surface area contributed by atoms with Crippen LogP contribution in [0.15, 0.2) is 53.4 Å². The smallest absolute Gasteiger partial charge is 0.257 e. The molecule has 25 heavy (non-hydrogen) atoms. The Morgan fingerprint density at radius 3 is 2.80 bits per heavy atom. The molecule has 0 fully saturated rings. The Morgan fingerprint density at radius 1 is 1.24 bits per heavy atom. The van der Waals surface area contributed by atoms with Crippen LogP contribution in [-0.2, 0) is 6.54 Å². The van der Waals surface area contributed by atoms with E-state index in [-0.39, 0.29) is 5.91 Å². The Balaban J connectivity index is 1.73. The number of carbonyl (C=O) groups excluding carboxylic acids is 1. The number of hydrogen-bond donors (Lipinski definition) is 2. The molecule has 0 aliphatic heterocycles. The van der Waals surface area contributed by atoms with E-state index in [9.17, 15) is 4.79 Å². The van der Waals surface area contributed by atoms with Crippen LogP contribution < -0.4 is 10.6 Å². The molecule has 5 nitrogen and oxygen atoms in total. The summed E-state index contributed by atoms with van der Waals surface area (Å²) in [4.78, 5) is 16.7. The SMILES string of the molecule is Cc1cc(C)c(NC(=O)c2cncc(NCc3ccco3)c2)c(Cl)c1. The summed E-state index contributed by atoms with van der Waals surface area (Å²) in [6, 6.07) is 9.24. The highest BCUT2D eigenvalue weighted by Gasteiger charge is 2.12. The lowest BCUT2D eigenvalue weighted by molar-refractivity contribution is 0.102. The molecule has 128 valence electrons. The van der Waals surface area contributed by atoms with Gasteiger partial charge in [0.25, 0.3) is 5.91 Å². The zero-order valence-corrected chi connectivity index (χ0v) is 14.7. The number of amides is 1. The van der Waals surface area contributed by atoms with E-state index >= 15 is 0 Å². The molecule has 2 heterocycles. The fourth-order valence-electron chi connectivity index (χ4n) is 2.52. The van der Waals surface area contributed by atoms with Crippen molar-refractivity contribution in [3.8, 4) is 0 Å².